The molecule has 1 rings (SSSR count). The molecular formula is C5H11FN2O3S. The molecule has 1 heterocycles. The van der Waals surface area contributed by atoms with Crippen molar-refractivity contribution in [3.8, 4) is 0 Å². The summed E-state index contributed by atoms with van der Waals surface area (Å²) in [7, 11) is -2.36. The Hall–Kier alpha value is -0.240. The van der Waals surface area contributed by atoms with Crippen LogP contribution in [0.4, 0.5) is 4.39 Å². The normalized spacial score (nSPS) is 23.6. The topological polar surface area (TPSA) is 72.6 Å². The summed E-state index contributed by atoms with van der Waals surface area (Å²) in [6, 6.07) is 0. The van der Waals surface area contributed by atoms with E-state index in [1.54, 1.807) is 0 Å². The minimum atomic E-state index is -3.72. The highest BCUT2D eigenvalue weighted by molar-refractivity contribution is 7.86. The zero-order valence-corrected chi connectivity index (χ0v) is 7.47. The zero-order valence-electron chi connectivity index (χ0n) is 6.66. The lowest BCUT2D eigenvalue weighted by molar-refractivity contribution is -0.0403. The highest BCUT2D eigenvalue weighted by atomic mass is 32.2. The SMILES string of the molecule is COCC1(F)CN(S(N)(=O)=O)C1. The third-order valence-electron chi connectivity index (χ3n) is 1.68. The third kappa shape index (κ3) is 1.92. The van der Waals surface area contributed by atoms with E-state index in [1.165, 1.54) is 7.11 Å². The molecule has 0 amide bonds. The number of hydrogen-bond acceptors (Lipinski definition) is 3. The fourth-order valence-corrected chi connectivity index (χ4v) is 1.94. The van der Waals surface area contributed by atoms with Crippen LogP contribution in [0.3, 0.4) is 0 Å². The van der Waals surface area contributed by atoms with Crippen LogP contribution < -0.4 is 5.14 Å². The summed E-state index contributed by atoms with van der Waals surface area (Å²) in [5, 5.41) is 4.75. The van der Waals surface area contributed by atoms with E-state index in [-0.39, 0.29) is 19.7 Å². The molecule has 5 nitrogen and oxygen atoms in total. The maximum Gasteiger partial charge on any atom is 0.277 e. The Morgan fingerprint density at radius 3 is 2.50 bits per heavy atom. The fraction of sp³-hybridized carbons (Fsp3) is 1.00. The van der Waals surface area contributed by atoms with Gasteiger partial charge in [-0.1, -0.05) is 0 Å². The summed E-state index contributed by atoms with van der Waals surface area (Å²) in [6.07, 6.45) is 0. The van der Waals surface area contributed by atoms with Crippen molar-refractivity contribution in [1.29, 1.82) is 0 Å². The molecule has 7 heteroatoms. The van der Waals surface area contributed by atoms with Gasteiger partial charge in [0.1, 0.15) is 0 Å². The van der Waals surface area contributed by atoms with Crippen LogP contribution in [-0.2, 0) is 14.9 Å². The van der Waals surface area contributed by atoms with Crippen molar-refractivity contribution in [2.75, 3.05) is 26.8 Å². The molecule has 0 spiro atoms. The minimum absolute atomic E-state index is 0.0982. The van der Waals surface area contributed by atoms with Gasteiger partial charge in [-0.3, -0.25) is 0 Å². The van der Waals surface area contributed by atoms with Gasteiger partial charge in [-0.2, -0.15) is 12.7 Å². The minimum Gasteiger partial charge on any atom is -0.381 e. The zero-order chi connectivity index (χ0) is 9.41. The Kier molecular flexibility index (Phi) is 2.39. The van der Waals surface area contributed by atoms with Crippen molar-refractivity contribution in [3.63, 3.8) is 0 Å². The van der Waals surface area contributed by atoms with Gasteiger partial charge in [0.25, 0.3) is 10.2 Å². The van der Waals surface area contributed by atoms with Crippen LogP contribution in [0, 0.1) is 0 Å². The predicted octanol–water partition coefficient (Wildman–Crippen LogP) is -1.14. The Bertz CT molecular complexity index is 260. The van der Waals surface area contributed by atoms with E-state index >= 15 is 0 Å². The molecular weight excluding hydrogens is 187 g/mol. The van der Waals surface area contributed by atoms with Crippen molar-refractivity contribution in [2.24, 2.45) is 5.14 Å². The second kappa shape index (κ2) is 2.91. The van der Waals surface area contributed by atoms with Gasteiger partial charge in [0.15, 0.2) is 5.67 Å². The summed E-state index contributed by atoms with van der Waals surface area (Å²) in [5.41, 5.74) is -1.55. The van der Waals surface area contributed by atoms with E-state index < -0.39 is 15.9 Å². The largest absolute Gasteiger partial charge is 0.381 e. The van der Waals surface area contributed by atoms with Gasteiger partial charge in [-0.15, -0.1) is 0 Å². The first-order valence-electron chi connectivity index (χ1n) is 3.33. The summed E-state index contributed by atoms with van der Waals surface area (Å²) < 4.78 is 39.8. The second-order valence-electron chi connectivity index (χ2n) is 2.90. The van der Waals surface area contributed by atoms with Crippen LogP contribution in [0.25, 0.3) is 0 Å². The van der Waals surface area contributed by atoms with Crippen LogP contribution in [0.2, 0.25) is 0 Å². The molecule has 0 radical (unpaired) electrons. The van der Waals surface area contributed by atoms with Gasteiger partial charge in [0, 0.05) is 7.11 Å². The molecule has 1 aliphatic heterocycles. The lowest BCUT2D eigenvalue weighted by Gasteiger charge is -2.41. The molecule has 12 heavy (non-hydrogen) atoms. The van der Waals surface area contributed by atoms with Crippen LogP contribution in [0.1, 0.15) is 0 Å². The molecule has 0 aromatic heterocycles. The first-order chi connectivity index (χ1) is 5.37. The van der Waals surface area contributed by atoms with E-state index in [0.717, 1.165) is 4.31 Å². The quantitative estimate of drug-likeness (QED) is 0.623. The van der Waals surface area contributed by atoms with Gasteiger partial charge in [-0.25, -0.2) is 9.53 Å². The standard InChI is InChI=1S/C5H11FN2O3S/c1-11-4-5(6)2-8(3-5)12(7,9)10/h2-4H2,1H3,(H2,7,9,10). The Labute approximate surface area is 70.5 Å². The van der Waals surface area contributed by atoms with Crippen molar-refractivity contribution in [3.05, 3.63) is 0 Å². The lowest BCUT2D eigenvalue weighted by atomic mass is 10.0. The van der Waals surface area contributed by atoms with Crippen LogP contribution in [0.5, 0.6) is 0 Å². The molecule has 0 aromatic rings. The van der Waals surface area contributed by atoms with E-state index in [0.29, 0.717) is 0 Å². The molecule has 0 aromatic carbocycles. The van der Waals surface area contributed by atoms with E-state index in [2.05, 4.69) is 4.74 Å². The van der Waals surface area contributed by atoms with E-state index in [9.17, 15) is 12.8 Å². The maximum absolute atomic E-state index is 13.2. The summed E-state index contributed by atoms with van der Waals surface area (Å²) in [5.74, 6) is 0. The molecule has 1 aliphatic rings. The maximum atomic E-state index is 13.2. The van der Waals surface area contributed by atoms with Gasteiger partial charge < -0.3 is 4.74 Å². The number of nitrogens with zero attached hydrogens (tertiary/aromatic N) is 1. The molecule has 0 bridgehead atoms. The number of rotatable bonds is 3. The molecule has 0 unspecified atom stereocenters. The number of halogens is 1. The highest BCUT2D eigenvalue weighted by Gasteiger charge is 2.47. The van der Waals surface area contributed by atoms with Crippen LogP contribution in [0.15, 0.2) is 0 Å². The molecule has 1 fully saturated rings. The first kappa shape index (κ1) is 9.85. The molecule has 2 N–H and O–H groups in total. The van der Waals surface area contributed by atoms with Crippen LogP contribution >= 0.6 is 0 Å². The second-order valence-corrected chi connectivity index (χ2v) is 4.44. The fourth-order valence-electron chi connectivity index (χ4n) is 1.12. The summed E-state index contributed by atoms with van der Waals surface area (Å²) in [4.78, 5) is 0. The summed E-state index contributed by atoms with van der Waals surface area (Å²) in [6.45, 7) is -0.516. The Balaban J connectivity index is 2.47. The number of nitrogens with two attached hydrogens (primary N) is 1. The van der Waals surface area contributed by atoms with Crippen molar-refractivity contribution < 1.29 is 17.5 Å². The Morgan fingerprint density at radius 1 is 1.67 bits per heavy atom. The Morgan fingerprint density at radius 2 is 2.17 bits per heavy atom. The van der Waals surface area contributed by atoms with Crippen LogP contribution in [-0.4, -0.2) is 45.2 Å². The average molecular weight is 198 g/mol. The number of methoxy groups -OCH3 is 1. The van der Waals surface area contributed by atoms with Gasteiger partial charge >= 0.3 is 0 Å². The van der Waals surface area contributed by atoms with Gasteiger partial charge in [0.05, 0.1) is 19.7 Å². The van der Waals surface area contributed by atoms with Gasteiger partial charge in [0.2, 0.25) is 0 Å². The third-order valence-corrected chi connectivity index (χ3v) is 2.66. The first-order valence-corrected chi connectivity index (χ1v) is 4.83. The van der Waals surface area contributed by atoms with Crippen molar-refractivity contribution >= 4 is 10.2 Å². The predicted molar refractivity (Wildman–Crippen MR) is 40.4 cm³/mol. The van der Waals surface area contributed by atoms with E-state index in [4.69, 9.17) is 5.14 Å². The molecule has 0 atom stereocenters. The average Bonchev–Trinajstić information content (AvgIpc) is 1.81. The van der Waals surface area contributed by atoms with E-state index in [1.807, 2.05) is 0 Å². The molecule has 0 saturated carbocycles. The lowest BCUT2D eigenvalue weighted by Crippen LogP contribution is -2.64. The monoisotopic (exact) mass is 198 g/mol. The smallest absolute Gasteiger partial charge is 0.277 e. The summed E-state index contributed by atoms with van der Waals surface area (Å²) >= 11 is 0. The number of hydrogen-bond donors (Lipinski definition) is 1. The molecule has 0 aliphatic carbocycles. The van der Waals surface area contributed by atoms with Crippen molar-refractivity contribution in [1.82, 2.24) is 4.31 Å². The number of ether oxygens (including phenoxy) is 1. The highest BCUT2D eigenvalue weighted by Crippen LogP contribution is 2.26. The van der Waals surface area contributed by atoms with Crippen molar-refractivity contribution in [2.45, 2.75) is 5.67 Å². The molecule has 72 valence electrons. The molecule has 1 saturated heterocycles. The number of alkyl halides is 1. The van der Waals surface area contributed by atoms with Gasteiger partial charge in [-0.05, 0) is 0 Å².